The minimum Gasteiger partial charge on any atom is -0.465 e. The van der Waals surface area contributed by atoms with E-state index in [-0.39, 0.29) is 24.4 Å². The number of nitrogens with one attached hydrogen (secondary N) is 2. The Bertz CT molecular complexity index is 1500. The number of pyridine rings is 1. The number of carbonyl (C=O) groups is 2. The first-order valence-electron chi connectivity index (χ1n) is 13.1. The number of hydrogen-bond acceptors (Lipinski definition) is 6. The van der Waals surface area contributed by atoms with Gasteiger partial charge >= 0.3 is 5.97 Å². The highest BCUT2D eigenvalue weighted by Crippen LogP contribution is 2.40. The van der Waals surface area contributed by atoms with Crippen LogP contribution in [0.2, 0.25) is 0 Å². The first-order valence-corrected chi connectivity index (χ1v) is 13.5. The molecular formula is C31H30N4O4S. The fraction of sp³-hybridized carbons (Fsp3) is 0.226. The summed E-state index contributed by atoms with van der Waals surface area (Å²) in [5, 5.41) is 6.96. The van der Waals surface area contributed by atoms with Crippen molar-refractivity contribution >= 4 is 34.9 Å². The predicted molar refractivity (Wildman–Crippen MR) is 157 cm³/mol. The third-order valence-electron chi connectivity index (χ3n) is 6.96. The van der Waals surface area contributed by atoms with Crippen molar-refractivity contribution in [1.29, 1.82) is 0 Å². The molecule has 0 aliphatic carbocycles. The average Bonchev–Trinajstić information content (AvgIpc) is 3.61. The van der Waals surface area contributed by atoms with Crippen LogP contribution in [0.1, 0.15) is 52.8 Å². The maximum atomic E-state index is 13.0. The SMILES string of the molecule is CCc1ccccc1NC(=O)CCN1C(=S)N[C@@H](c2ccccn2)[C@H]1c1ccc(-c2ccc(C(=O)OC)cc2)o1. The number of anilines is 1. The second-order valence-electron chi connectivity index (χ2n) is 9.40. The monoisotopic (exact) mass is 554 g/mol. The average molecular weight is 555 g/mol. The lowest BCUT2D eigenvalue weighted by molar-refractivity contribution is -0.116. The van der Waals surface area contributed by atoms with Gasteiger partial charge in [-0.25, -0.2) is 4.79 Å². The fourth-order valence-electron chi connectivity index (χ4n) is 4.90. The first kappa shape index (κ1) is 27.1. The van der Waals surface area contributed by atoms with E-state index in [9.17, 15) is 9.59 Å². The smallest absolute Gasteiger partial charge is 0.337 e. The van der Waals surface area contributed by atoms with Crippen LogP contribution < -0.4 is 10.6 Å². The van der Waals surface area contributed by atoms with E-state index >= 15 is 0 Å². The molecule has 0 radical (unpaired) electrons. The number of thiocarbonyl (C=S) groups is 1. The van der Waals surface area contributed by atoms with Gasteiger partial charge in [-0.3, -0.25) is 9.78 Å². The van der Waals surface area contributed by atoms with E-state index in [1.807, 2.05) is 71.6 Å². The van der Waals surface area contributed by atoms with E-state index in [1.165, 1.54) is 7.11 Å². The van der Waals surface area contributed by atoms with Gasteiger partial charge in [-0.05, 0) is 66.7 Å². The van der Waals surface area contributed by atoms with Gasteiger partial charge in [0.2, 0.25) is 5.91 Å². The van der Waals surface area contributed by atoms with Gasteiger partial charge in [0.25, 0.3) is 0 Å². The number of nitrogens with zero attached hydrogens (tertiary/aromatic N) is 2. The number of esters is 1. The van der Waals surface area contributed by atoms with E-state index in [1.54, 1.807) is 18.3 Å². The van der Waals surface area contributed by atoms with E-state index in [4.69, 9.17) is 21.4 Å². The van der Waals surface area contributed by atoms with Gasteiger partial charge in [0.15, 0.2) is 5.11 Å². The highest BCUT2D eigenvalue weighted by atomic mass is 32.1. The molecule has 204 valence electrons. The number of aromatic nitrogens is 1. The molecule has 0 bridgehead atoms. The van der Waals surface area contributed by atoms with Crippen LogP contribution in [0.15, 0.2) is 89.5 Å². The van der Waals surface area contributed by atoms with Crippen LogP contribution in [0.5, 0.6) is 0 Å². The van der Waals surface area contributed by atoms with Crippen LogP contribution >= 0.6 is 12.2 Å². The highest BCUT2D eigenvalue weighted by Gasteiger charge is 2.41. The number of ether oxygens (including phenoxy) is 1. The molecule has 1 fully saturated rings. The van der Waals surface area contributed by atoms with Crippen LogP contribution in [0, 0.1) is 0 Å². The molecule has 2 aromatic carbocycles. The molecular weight excluding hydrogens is 524 g/mol. The Hall–Kier alpha value is -4.50. The van der Waals surface area contributed by atoms with Gasteiger partial charge in [-0.15, -0.1) is 0 Å². The highest BCUT2D eigenvalue weighted by molar-refractivity contribution is 7.80. The first-order chi connectivity index (χ1) is 19.5. The molecule has 8 nitrogen and oxygen atoms in total. The molecule has 2 aromatic heterocycles. The minimum absolute atomic E-state index is 0.0884. The van der Waals surface area contributed by atoms with E-state index in [0.717, 1.165) is 28.9 Å². The summed E-state index contributed by atoms with van der Waals surface area (Å²) in [5.74, 6) is 0.854. The molecule has 1 amide bonds. The molecule has 5 rings (SSSR count). The Balaban J connectivity index is 1.38. The standard InChI is InChI=1S/C31H30N4O4S/c1-3-20-8-4-5-9-23(20)33-27(36)17-19-35-29(28(34-31(35)40)24-10-6-7-18-32-24)26-16-15-25(39-26)21-11-13-22(14-12-21)30(37)38-2/h4-16,18,28-29H,3,17,19H2,1-2H3,(H,33,36)(H,34,40)/t28-,29+/m0/s1. The lowest BCUT2D eigenvalue weighted by atomic mass is 10.0. The van der Waals surface area contributed by atoms with Crippen molar-refractivity contribution < 1.29 is 18.7 Å². The van der Waals surface area contributed by atoms with Gasteiger partial charge in [-0.1, -0.05) is 43.3 Å². The molecule has 4 aromatic rings. The summed E-state index contributed by atoms with van der Waals surface area (Å²) in [4.78, 5) is 31.3. The number of benzene rings is 2. The largest absolute Gasteiger partial charge is 0.465 e. The summed E-state index contributed by atoms with van der Waals surface area (Å²) in [6.45, 7) is 2.45. The normalized spacial score (nSPS) is 16.4. The number of aryl methyl sites for hydroxylation is 1. The zero-order chi connectivity index (χ0) is 28.1. The van der Waals surface area contributed by atoms with Gasteiger partial charge in [-0.2, -0.15) is 0 Å². The van der Waals surface area contributed by atoms with E-state index in [0.29, 0.717) is 28.7 Å². The zero-order valence-electron chi connectivity index (χ0n) is 22.3. The van der Waals surface area contributed by atoms with E-state index in [2.05, 4.69) is 22.5 Å². The summed E-state index contributed by atoms with van der Waals surface area (Å²) in [7, 11) is 1.35. The quantitative estimate of drug-likeness (QED) is 0.201. The number of rotatable bonds is 9. The summed E-state index contributed by atoms with van der Waals surface area (Å²) in [6, 6.07) is 23.8. The molecule has 0 saturated carbocycles. The molecule has 1 saturated heterocycles. The number of amides is 1. The Kier molecular flexibility index (Phi) is 8.21. The Morgan fingerprint density at radius 1 is 1.05 bits per heavy atom. The van der Waals surface area contributed by atoms with Crippen molar-refractivity contribution in [2.45, 2.75) is 31.8 Å². The Morgan fingerprint density at radius 3 is 2.55 bits per heavy atom. The van der Waals surface area contributed by atoms with Crippen molar-refractivity contribution in [3.63, 3.8) is 0 Å². The second kappa shape index (κ2) is 12.1. The molecule has 0 spiro atoms. The molecule has 0 unspecified atom stereocenters. The third-order valence-corrected chi connectivity index (χ3v) is 7.31. The van der Waals surface area contributed by atoms with Crippen molar-refractivity contribution in [2.75, 3.05) is 19.0 Å². The Morgan fingerprint density at radius 2 is 1.82 bits per heavy atom. The van der Waals surface area contributed by atoms with Crippen LogP contribution in [0.4, 0.5) is 5.69 Å². The number of methoxy groups -OCH3 is 1. The molecule has 2 atom stereocenters. The van der Waals surface area contributed by atoms with Gasteiger partial charge in [0.1, 0.15) is 17.6 Å². The zero-order valence-corrected chi connectivity index (χ0v) is 23.1. The van der Waals surface area contributed by atoms with Crippen LogP contribution in [-0.4, -0.2) is 40.5 Å². The summed E-state index contributed by atoms with van der Waals surface area (Å²) in [6.07, 6.45) is 2.82. The van der Waals surface area contributed by atoms with Crippen molar-refractivity contribution in [3.8, 4) is 11.3 Å². The number of furan rings is 1. The lowest BCUT2D eigenvalue weighted by Gasteiger charge is -2.26. The predicted octanol–water partition coefficient (Wildman–Crippen LogP) is 5.69. The summed E-state index contributed by atoms with van der Waals surface area (Å²) in [5.41, 5.74) is 4.02. The second-order valence-corrected chi connectivity index (χ2v) is 9.79. The van der Waals surface area contributed by atoms with Gasteiger partial charge in [0, 0.05) is 30.4 Å². The summed E-state index contributed by atoms with van der Waals surface area (Å²) >= 11 is 5.74. The molecule has 1 aliphatic heterocycles. The van der Waals surface area contributed by atoms with Crippen molar-refractivity contribution in [3.05, 3.63) is 108 Å². The molecule has 9 heteroatoms. The minimum atomic E-state index is -0.395. The molecule has 3 heterocycles. The van der Waals surface area contributed by atoms with Gasteiger partial charge < -0.3 is 24.7 Å². The number of para-hydroxylation sites is 1. The summed E-state index contributed by atoms with van der Waals surface area (Å²) < 4.78 is 11.1. The van der Waals surface area contributed by atoms with Crippen molar-refractivity contribution in [1.82, 2.24) is 15.2 Å². The van der Waals surface area contributed by atoms with Crippen LogP contribution in [-0.2, 0) is 16.0 Å². The topological polar surface area (TPSA) is 96.7 Å². The maximum absolute atomic E-state index is 13.0. The maximum Gasteiger partial charge on any atom is 0.337 e. The molecule has 2 N–H and O–H groups in total. The van der Waals surface area contributed by atoms with Crippen LogP contribution in [0.25, 0.3) is 11.3 Å². The molecule has 40 heavy (non-hydrogen) atoms. The Labute approximate surface area is 238 Å². The van der Waals surface area contributed by atoms with Crippen molar-refractivity contribution in [2.24, 2.45) is 0 Å². The number of hydrogen-bond donors (Lipinski definition) is 2. The third kappa shape index (κ3) is 5.74. The van der Waals surface area contributed by atoms with Crippen LogP contribution in [0.3, 0.4) is 0 Å². The van der Waals surface area contributed by atoms with E-state index < -0.39 is 5.97 Å². The number of carbonyl (C=O) groups excluding carboxylic acids is 2. The van der Waals surface area contributed by atoms with Gasteiger partial charge in [0.05, 0.1) is 24.4 Å². The lowest BCUT2D eigenvalue weighted by Crippen LogP contribution is -2.32. The molecule has 1 aliphatic rings. The fourth-order valence-corrected chi connectivity index (χ4v) is 5.23.